The SMILES string of the molecule is CC(C)(C)OC(=O)N1CCC(OCC(=O)ON2C(=O)c3ccccc3C2=O)CC1. The predicted octanol–water partition coefficient (Wildman–Crippen LogP) is 2.16. The zero-order valence-electron chi connectivity index (χ0n) is 16.7. The van der Waals surface area contributed by atoms with Crippen LogP contribution in [0.1, 0.15) is 54.3 Å². The van der Waals surface area contributed by atoms with Crippen molar-refractivity contribution in [3.8, 4) is 0 Å². The molecular weight excluding hydrogens is 380 g/mol. The third-order valence-corrected chi connectivity index (χ3v) is 4.48. The molecule has 1 aromatic rings. The molecule has 0 aliphatic carbocycles. The maximum atomic E-state index is 12.2. The normalized spacial score (nSPS) is 17.3. The van der Waals surface area contributed by atoms with Gasteiger partial charge in [-0.3, -0.25) is 9.59 Å². The number of carbonyl (C=O) groups is 4. The molecule has 3 amide bonds. The molecule has 0 spiro atoms. The summed E-state index contributed by atoms with van der Waals surface area (Å²) in [4.78, 5) is 55.0. The minimum absolute atomic E-state index is 0.195. The van der Waals surface area contributed by atoms with Gasteiger partial charge in [-0.25, -0.2) is 9.59 Å². The maximum absolute atomic E-state index is 12.2. The number of imide groups is 1. The van der Waals surface area contributed by atoms with Crippen LogP contribution in [0.2, 0.25) is 0 Å². The molecule has 0 atom stereocenters. The zero-order valence-corrected chi connectivity index (χ0v) is 16.7. The van der Waals surface area contributed by atoms with Crippen LogP contribution in [0.25, 0.3) is 0 Å². The summed E-state index contributed by atoms with van der Waals surface area (Å²) in [5.41, 5.74) is -0.167. The van der Waals surface area contributed by atoms with Crippen LogP contribution in [0, 0.1) is 0 Å². The summed E-state index contributed by atoms with van der Waals surface area (Å²) >= 11 is 0. The number of piperidine rings is 1. The molecule has 156 valence electrons. The smallest absolute Gasteiger partial charge is 0.410 e. The number of amides is 3. The van der Waals surface area contributed by atoms with E-state index in [1.165, 1.54) is 12.1 Å². The van der Waals surface area contributed by atoms with E-state index in [2.05, 4.69) is 0 Å². The summed E-state index contributed by atoms with van der Waals surface area (Å²) in [6.07, 6.45) is 0.475. The molecule has 0 radical (unpaired) electrons. The minimum atomic E-state index is -0.839. The van der Waals surface area contributed by atoms with Crippen LogP contribution in [-0.4, -0.2) is 65.2 Å². The number of fused-ring (bicyclic) bond motifs is 1. The molecule has 0 unspecified atom stereocenters. The van der Waals surface area contributed by atoms with E-state index in [9.17, 15) is 19.2 Å². The zero-order chi connectivity index (χ0) is 21.2. The fraction of sp³-hybridized carbons (Fsp3) is 0.500. The molecule has 0 bridgehead atoms. The Balaban J connectivity index is 1.43. The lowest BCUT2D eigenvalue weighted by Gasteiger charge is -2.33. The second-order valence-electron chi connectivity index (χ2n) is 7.89. The van der Waals surface area contributed by atoms with Crippen molar-refractivity contribution in [3.05, 3.63) is 35.4 Å². The highest BCUT2D eigenvalue weighted by atomic mass is 16.7. The molecule has 29 heavy (non-hydrogen) atoms. The summed E-state index contributed by atoms with van der Waals surface area (Å²) in [7, 11) is 0. The highest BCUT2D eigenvalue weighted by Crippen LogP contribution is 2.23. The molecule has 0 saturated carbocycles. The average Bonchev–Trinajstić information content (AvgIpc) is 2.91. The topological polar surface area (TPSA) is 102 Å². The van der Waals surface area contributed by atoms with Crippen molar-refractivity contribution in [2.24, 2.45) is 0 Å². The van der Waals surface area contributed by atoms with Crippen molar-refractivity contribution in [2.45, 2.75) is 45.3 Å². The van der Waals surface area contributed by atoms with E-state index in [0.29, 0.717) is 31.0 Å². The Morgan fingerprint density at radius 3 is 2.10 bits per heavy atom. The van der Waals surface area contributed by atoms with Gasteiger partial charge in [-0.2, -0.15) is 0 Å². The first-order valence-corrected chi connectivity index (χ1v) is 9.44. The van der Waals surface area contributed by atoms with E-state index in [1.54, 1.807) is 37.8 Å². The third kappa shape index (κ3) is 4.92. The van der Waals surface area contributed by atoms with Crippen molar-refractivity contribution in [1.29, 1.82) is 0 Å². The highest BCUT2D eigenvalue weighted by Gasteiger charge is 2.38. The molecule has 1 saturated heterocycles. The number of hydrogen-bond acceptors (Lipinski definition) is 7. The molecule has 1 aromatic carbocycles. The lowest BCUT2D eigenvalue weighted by atomic mass is 10.1. The average molecular weight is 404 g/mol. The van der Waals surface area contributed by atoms with E-state index in [4.69, 9.17) is 14.3 Å². The van der Waals surface area contributed by atoms with Crippen LogP contribution in [-0.2, 0) is 19.1 Å². The van der Waals surface area contributed by atoms with Crippen molar-refractivity contribution >= 4 is 23.9 Å². The number of hydrogen-bond donors (Lipinski definition) is 0. The quantitative estimate of drug-likeness (QED) is 0.709. The Bertz CT molecular complexity index is 787. The fourth-order valence-corrected chi connectivity index (χ4v) is 3.10. The first kappa shape index (κ1) is 20.8. The first-order chi connectivity index (χ1) is 13.7. The van der Waals surface area contributed by atoms with Gasteiger partial charge in [0.25, 0.3) is 11.8 Å². The van der Waals surface area contributed by atoms with E-state index in [0.717, 1.165) is 0 Å². The molecule has 1 fully saturated rings. The number of ether oxygens (including phenoxy) is 2. The lowest BCUT2D eigenvalue weighted by molar-refractivity contribution is -0.176. The van der Waals surface area contributed by atoms with Crippen molar-refractivity contribution in [2.75, 3.05) is 19.7 Å². The van der Waals surface area contributed by atoms with E-state index < -0.39 is 30.0 Å². The van der Waals surface area contributed by atoms with Gasteiger partial charge in [0.05, 0.1) is 17.2 Å². The standard InChI is InChI=1S/C20H24N2O7/c1-20(2,3)28-19(26)21-10-8-13(9-11-21)27-12-16(23)29-22-17(24)14-6-4-5-7-15(14)18(22)25/h4-7,13H,8-12H2,1-3H3. The Morgan fingerprint density at radius 1 is 1.03 bits per heavy atom. The van der Waals surface area contributed by atoms with Crippen molar-refractivity contribution in [3.63, 3.8) is 0 Å². The largest absolute Gasteiger partial charge is 0.444 e. The van der Waals surface area contributed by atoms with Gasteiger partial charge in [-0.05, 0) is 45.7 Å². The number of likely N-dealkylation sites (tertiary alicyclic amines) is 1. The predicted molar refractivity (Wildman–Crippen MR) is 99.8 cm³/mol. The molecule has 9 heteroatoms. The minimum Gasteiger partial charge on any atom is -0.444 e. The Kier molecular flexibility index (Phi) is 5.88. The number of benzene rings is 1. The lowest BCUT2D eigenvalue weighted by Crippen LogP contribution is -2.44. The number of carbonyl (C=O) groups excluding carboxylic acids is 4. The maximum Gasteiger partial charge on any atom is 0.410 e. The fourth-order valence-electron chi connectivity index (χ4n) is 3.10. The van der Waals surface area contributed by atoms with E-state index in [1.807, 2.05) is 0 Å². The Hall–Kier alpha value is -2.94. The molecular formula is C20H24N2O7. The summed E-state index contributed by atoms with van der Waals surface area (Å²) in [6.45, 7) is 5.92. The van der Waals surface area contributed by atoms with Gasteiger partial charge in [0, 0.05) is 13.1 Å². The Morgan fingerprint density at radius 2 is 1.59 bits per heavy atom. The molecule has 0 N–H and O–H groups in total. The summed E-state index contributed by atoms with van der Waals surface area (Å²) in [5.74, 6) is -2.19. The number of hydroxylamine groups is 2. The summed E-state index contributed by atoms with van der Waals surface area (Å²) in [5, 5.41) is 0.460. The second-order valence-corrected chi connectivity index (χ2v) is 7.89. The van der Waals surface area contributed by atoms with Gasteiger partial charge in [0.15, 0.2) is 0 Å². The van der Waals surface area contributed by atoms with Gasteiger partial charge < -0.3 is 19.2 Å². The summed E-state index contributed by atoms with van der Waals surface area (Å²) < 4.78 is 10.9. The highest BCUT2D eigenvalue weighted by molar-refractivity contribution is 6.20. The molecule has 2 heterocycles. The van der Waals surface area contributed by atoms with Crippen LogP contribution in [0.15, 0.2) is 24.3 Å². The van der Waals surface area contributed by atoms with Gasteiger partial charge in [-0.1, -0.05) is 17.2 Å². The number of rotatable bonds is 4. The van der Waals surface area contributed by atoms with E-state index in [-0.39, 0.29) is 23.3 Å². The molecule has 2 aliphatic heterocycles. The van der Waals surface area contributed by atoms with Crippen LogP contribution < -0.4 is 0 Å². The molecule has 9 nitrogen and oxygen atoms in total. The summed E-state index contributed by atoms with van der Waals surface area (Å²) in [6, 6.07) is 6.25. The van der Waals surface area contributed by atoms with Gasteiger partial charge in [0.2, 0.25) is 0 Å². The number of nitrogens with zero attached hydrogens (tertiary/aromatic N) is 2. The van der Waals surface area contributed by atoms with Crippen LogP contribution in [0.3, 0.4) is 0 Å². The van der Waals surface area contributed by atoms with Gasteiger partial charge in [0.1, 0.15) is 12.2 Å². The molecule has 2 aliphatic rings. The van der Waals surface area contributed by atoms with E-state index >= 15 is 0 Å². The molecule has 3 rings (SSSR count). The first-order valence-electron chi connectivity index (χ1n) is 9.44. The van der Waals surface area contributed by atoms with Crippen molar-refractivity contribution < 1.29 is 33.5 Å². The van der Waals surface area contributed by atoms with Gasteiger partial charge >= 0.3 is 12.1 Å². The monoisotopic (exact) mass is 404 g/mol. The third-order valence-electron chi connectivity index (χ3n) is 4.48. The van der Waals surface area contributed by atoms with Crippen LogP contribution in [0.5, 0.6) is 0 Å². The van der Waals surface area contributed by atoms with Crippen LogP contribution >= 0.6 is 0 Å². The second kappa shape index (κ2) is 8.20. The van der Waals surface area contributed by atoms with Crippen molar-refractivity contribution in [1.82, 2.24) is 9.96 Å². The van der Waals surface area contributed by atoms with Crippen LogP contribution in [0.4, 0.5) is 4.79 Å². The van der Waals surface area contributed by atoms with Gasteiger partial charge in [-0.15, -0.1) is 0 Å². The Labute approximate surface area is 168 Å². The molecule has 0 aromatic heterocycles.